The Bertz CT molecular complexity index is 2660. The number of hydrogen-bond acceptors (Lipinski definition) is 16. The Kier molecular flexibility index (Phi) is 4.36. The van der Waals surface area contributed by atoms with Crippen LogP contribution in [0.1, 0.15) is 27.4 Å². The van der Waals surface area contributed by atoms with Crippen molar-refractivity contribution in [3.63, 3.8) is 0 Å². The van der Waals surface area contributed by atoms with Crippen molar-refractivity contribution < 1.29 is 63.6 Å². The third-order valence-corrected chi connectivity index (χ3v) is 8.04. The van der Waals surface area contributed by atoms with Gasteiger partial charge in [-0.05, 0) is 6.07 Å². The van der Waals surface area contributed by atoms with E-state index in [9.17, 15) is 60.0 Å². The van der Waals surface area contributed by atoms with Gasteiger partial charge in [0, 0.05) is 33.2 Å². The van der Waals surface area contributed by atoms with E-state index in [-0.39, 0.29) is 10.8 Å². The number of ether oxygens (including phenoxy) is 1. The third-order valence-electron chi connectivity index (χ3n) is 8.04. The maximum absolute atomic E-state index is 13.6. The zero-order chi connectivity index (χ0) is 31.3. The second-order valence-corrected chi connectivity index (χ2v) is 10.2. The highest BCUT2D eigenvalue weighted by Crippen LogP contribution is 2.53. The number of aromatic hydroxyl groups is 7. The summed E-state index contributed by atoms with van der Waals surface area (Å²) in [4.78, 5) is 51.4. The number of esters is 1. The number of hydrogen-bond donors (Lipinski definition) is 8. The number of fused-ring (bicyclic) bond motifs is 8. The van der Waals surface area contributed by atoms with E-state index < -0.39 is 136 Å². The van der Waals surface area contributed by atoms with E-state index in [1.54, 1.807) is 0 Å². The molecule has 0 radical (unpaired) electrons. The van der Waals surface area contributed by atoms with Crippen LogP contribution in [0.3, 0.4) is 0 Å². The van der Waals surface area contributed by atoms with Crippen LogP contribution < -0.4 is 22.1 Å². The smallest absolute Gasteiger partial charge is 0.344 e. The molecule has 44 heavy (non-hydrogen) atoms. The quantitative estimate of drug-likeness (QED) is 0.0397. The van der Waals surface area contributed by atoms with E-state index >= 15 is 0 Å². The largest absolute Gasteiger partial charge is 0.505 e. The molecule has 0 saturated carbocycles. The van der Waals surface area contributed by atoms with Gasteiger partial charge in [0.1, 0.15) is 0 Å². The summed E-state index contributed by atoms with van der Waals surface area (Å²) < 4.78 is 21.4. The first-order valence-electron chi connectivity index (χ1n) is 12.4. The number of benzene rings is 3. The number of carbonyl (C=O) groups is 1. The van der Waals surface area contributed by atoms with Crippen molar-refractivity contribution in [3.05, 3.63) is 65.3 Å². The predicted octanol–water partition coefficient (Wildman–Crippen LogP) is 1.17. The molecule has 4 heterocycles. The molecule has 0 spiro atoms. The first-order valence-corrected chi connectivity index (χ1v) is 12.4. The van der Waals surface area contributed by atoms with E-state index in [1.165, 1.54) is 0 Å². The fourth-order valence-corrected chi connectivity index (χ4v) is 6.24. The van der Waals surface area contributed by atoms with Crippen molar-refractivity contribution in [1.82, 2.24) is 0 Å². The Balaban J connectivity index is 1.68. The molecule has 0 saturated heterocycles. The van der Waals surface area contributed by atoms with Crippen molar-refractivity contribution in [3.8, 4) is 40.4 Å². The minimum Gasteiger partial charge on any atom is -0.505 e. The van der Waals surface area contributed by atoms with Crippen molar-refractivity contribution in [1.29, 1.82) is 0 Å². The Morgan fingerprint density at radius 1 is 0.591 bits per heavy atom. The highest BCUT2D eigenvalue weighted by Gasteiger charge is 2.48. The average molecular weight is 604 g/mol. The lowest BCUT2D eigenvalue weighted by Gasteiger charge is -2.35. The number of aliphatic hydroxyl groups is 1. The van der Waals surface area contributed by atoms with Crippen LogP contribution >= 0.6 is 0 Å². The van der Waals surface area contributed by atoms with Crippen LogP contribution in [-0.2, 0) is 4.74 Å². The summed E-state index contributed by atoms with van der Waals surface area (Å²) in [5.41, 5.74) is -7.26. The van der Waals surface area contributed by atoms with Crippen molar-refractivity contribution >= 4 is 55.2 Å². The van der Waals surface area contributed by atoms with Gasteiger partial charge in [0.2, 0.25) is 22.7 Å². The molecule has 16 nitrogen and oxygen atoms in total. The molecule has 3 aromatic carbocycles. The Morgan fingerprint density at radius 2 is 1.25 bits per heavy atom. The highest BCUT2D eigenvalue weighted by atomic mass is 16.6. The number of rotatable bonds is 0. The number of phenolic OH excluding ortho intramolecular Hbond substituents is 6. The molecule has 8 rings (SSSR count). The van der Waals surface area contributed by atoms with Gasteiger partial charge in [0.05, 0.1) is 27.8 Å². The van der Waals surface area contributed by atoms with E-state index in [0.717, 1.165) is 6.07 Å². The number of phenols is 6. The Labute approximate surface area is 236 Å². The molecular weight excluding hydrogens is 592 g/mol. The molecule has 220 valence electrons. The lowest BCUT2D eigenvalue weighted by atomic mass is 9.76. The zero-order valence-electron chi connectivity index (χ0n) is 21.2. The van der Waals surface area contributed by atoms with Crippen molar-refractivity contribution in [2.45, 2.75) is 12.0 Å². The van der Waals surface area contributed by atoms with Crippen LogP contribution in [0.5, 0.6) is 40.4 Å². The second kappa shape index (κ2) is 7.62. The van der Waals surface area contributed by atoms with Gasteiger partial charge in [-0.3, -0.25) is 4.79 Å². The van der Waals surface area contributed by atoms with Gasteiger partial charge in [-0.15, -0.1) is 0 Å². The van der Waals surface area contributed by atoms with Crippen LogP contribution in [0.2, 0.25) is 0 Å². The van der Waals surface area contributed by atoms with Crippen LogP contribution in [-0.4, -0.2) is 52.9 Å². The summed E-state index contributed by atoms with van der Waals surface area (Å²) in [6.45, 7) is 0. The molecule has 0 fully saturated rings. The fourth-order valence-electron chi connectivity index (χ4n) is 6.24. The maximum Gasteiger partial charge on any atom is 0.344 e. The zero-order valence-corrected chi connectivity index (χ0v) is 21.2. The Morgan fingerprint density at radius 3 is 1.95 bits per heavy atom. The Hall–Kier alpha value is -6.58. The molecular formula is C28H12O16. The molecule has 6 aromatic rings. The van der Waals surface area contributed by atoms with Crippen LogP contribution in [0, 0.1) is 0 Å². The molecule has 2 aliphatic rings. The van der Waals surface area contributed by atoms with Crippen molar-refractivity contribution in [2.75, 3.05) is 0 Å². The topological polar surface area (TPSA) is 279 Å². The summed E-state index contributed by atoms with van der Waals surface area (Å²) >= 11 is 0. The molecule has 0 amide bonds. The molecule has 1 aliphatic heterocycles. The lowest BCUT2D eigenvalue weighted by molar-refractivity contribution is 0.0274. The summed E-state index contributed by atoms with van der Waals surface area (Å²) in [5.74, 6) is -11.1. The first-order chi connectivity index (χ1) is 20.8. The molecule has 2 atom stereocenters. The summed E-state index contributed by atoms with van der Waals surface area (Å²) in [5, 5.41) is 82.7. The lowest BCUT2D eigenvalue weighted by Crippen LogP contribution is -2.41. The number of aliphatic hydroxyl groups excluding tert-OH is 1. The predicted molar refractivity (Wildman–Crippen MR) is 142 cm³/mol. The molecule has 1 aliphatic carbocycles. The molecule has 16 heteroatoms. The summed E-state index contributed by atoms with van der Waals surface area (Å²) in [6.07, 6.45) is -1.80. The fraction of sp³-hybridized carbons (Fsp3) is 0.0714. The van der Waals surface area contributed by atoms with E-state index in [4.69, 9.17) is 18.0 Å². The summed E-state index contributed by atoms with van der Waals surface area (Å²) in [6, 6.07) is 1.41. The van der Waals surface area contributed by atoms with Crippen LogP contribution in [0.25, 0.3) is 49.2 Å². The molecule has 2 unspecified atom stereocenters. The van der Waals surface area contributed by atoms with Gasteiger partial charge < -0.3 is 58.8 Å². The standard InChI is InChI=1S/C28H12O16/c29-5-1-3-7(17(33)15(5)31)9-13-11-12-14(28(40)44-23(11)19(35)21(9)41-25(3)37)10-8-4(2-6(30)16(32)18(8)34)26(38)42-22(10)20(36)24(12)43-27(13)39/h1-2,9,21,29,31-36,40H. The SMILES string of the molecule is O=C1OC2C(O)=c3oc(O)c4c5c(oc(=O)c(c35)C2c2c1cc(O)c(O)c2O)c(O)c1oc(=O)c2cc(=O)c(O)c(O)c2c14. The normalized spacial score (nSPS) is 17.4. The number of carbonyl (C=O) groups excluding carboxylic acids is 1. The maximum atomic E-state index is 13.6. The molecule has 8 N–H and O–H groups in total. The van der Waals surface area contributed by atoms with Gasteiger partial charge in [0.25, 0.3) is 5.95 Å². The average Bonchev–Trinajstić information content (AvgIpc) is 2.98. The van der Waals surface area contributed by atoms with Gasteiger partial charge in [-0.2, -0.15) is 0 Å². The molecule has 3 aromatic heterocycles. The minimum absolute atomic E-state index is 0.376. The monoisotopic (exact) mass is 604 g/mol. The van der Waals surface area contributed by atoms with Crippen molar-refractivity contribution in [2.24, 2.45) is 0 Å². The van der Waals surface area contributed by atoms with E-state index in [1.807, 2.05) is 0 Å². The highest BCUT2D eigenvalue weighted by molar-refractivity contribution is 6.30. The second-order valence-electron chi connectivity index (χ2n) is 10.2. The minimum atomic E-state index is -1.80. The summed E-state index contributed by atoms with van der Waals surface area (Å²) in [7, 11) is 0. The van der Waals surface area contributed by atoms with E-state index in [0.29, 0.717) is 6.07 Å². The van der Waals surface area contributed by atoms with Crippen LogP contribution in [0.15, 0.2) is 39.8 Å². The van der Waals surface area contributed by atoms with Gasteiger partial charge in [-0.25, -0.2) is 14.4 Å². The third kappa shape index (κ3) is 2.67. The van der Waals surface area contributed by atoms with Gasteiger partial charge >= 0.3 is 17.2 Å². The van der Waals surface area contributed by atoms with Crippen LogP contribution in [0.4, 0.5) is 0 Å². The van der Waals surface area contributed by atoms with E-state index in [2.05, 4.69) is 0 Å². The van der Waals surface area contributed by atoms with Gasteiger partial charge in [-0.1, -0.05) is 0 Å². The van der Waals surface area contributed by atoms with Gasteiger partial charge in [0.15, 0.2) is 45.7 Å². The first kappa shape index (κ1) is 25.2. The molecule has 0 bridgehead atoms.